The van der Waals surface area contributed by atoms with E-state index in [0.717, 1.165) is 49.1 Å². The molecule has 1 amide bonds. The number of piperidine rings is 1. The van der Waals surface area contributed by atoms with Crippen LogP contribution < -0.4 is 5.32 Å². The number of benzene rings is 1. The van der Waals surface area contributed by atoms with E-state index in [1.807, 2.05) is 56.1 Å². The first-order valence-corrected chi connectivity index (χ1v) is 9.84. The van der Waals surface area contributed by atoms with Crippen LogP contribution in [0, 0.1) is 19.8 Å². The van der Waals surface area contributed by atoms with Gasteiger partial charge in [-0.2, -0.15) is 0 Å². The Labute approximate surface area is 177 Å². The van der Waals surface area contributed by atoms with Crippen molar-refractivity contribution in [3.05, 3.63) is 47.2 Å². The molecule has 1 N–H and O–H groups in total. The maximum absolute atomic E-state index is 13.5. The zero-order valence-corrected chi connectivity index (χ0v) is 17.9. The molecule has 0 aliphatic carbocycles. The summed E-state index contributed by atoms with van der Waals surface area (Å²) in [4.78, 5) is 20.0. The van der Waals surface area contributed by atoms with E-state index in [-0.39, 0.29) is 18.3 Å². The van der Waals surface area contributed by atoms with Crippen LogP contribution in [0.3, 0.4) is 0 Å². The minimum atomic E-state index is 0. The zero-order valence-electron chi connectivity index (χ0n) is 17.1. The summed E-state index contributed by atoms with van der Waals surface area (Å²) in [6.45, 7) is 6.39. The third-order valence-corrected chi connectivity index (χ3v) is 5.49. The monoisotopic (exact) mass is 414 g/mol. The average Bonchev–Trinajstić information content (AvgIpc) is 3.09. The van der Waals surface area contributed by atoms with Crippen molar-refractivity contribution < 1.29 is 9.32 Å². The zero-order chi connectivity index (χ0) is 19.7. The summed E-state index contributed by atoms with van der Waals surface area (Å²) < 4.78 is 5.43. The molecule has 2 aromatic heterocycles. The topological polar surface area (TPSA) is 71.3 Å². The van der Waals surface area contributed by atoms with Crippen LogP contribution in [0.15, 0.2) is 34.9 Å². The van der Waals surface area contributed by atoms with E-state index < -0.39 is 0 Å². The van der Waals surface area contributed by atoms with E-state index in [0.29, 0.717) is 22.9 Å². The molecule has 6 nitrogen and oxygen atoms in total. The molecule has 7 heteroatoms. The third-order valence-electron chi connectivity index (χ3n) is 5.49. The van der Waals surface area contributed by atoms with Gasteiger partial charge in [-0.15, -0.1) is 12.4 Å². The number of rotatable bonds is 4. The lowest BCUT2D eigenvalue weighted by molar-refractivity contribution is 0.0676. The highest BCUT2D eigenvalue weighted by atomic mass is 35.5. The van der Waals surface area contributed by atoms with Gasteiger partial charge >= 0.3 is 0 Å². The van der Waals surface area contributed by atoms with Gasteiger partial charge in [0.15, 0.2) is 0 Å². The fourth-order valence-corrected chi connectivity index (χ4v) is 4.01. The molecule has 1 aliphatic heterocycles. The molecule has 154 valence electrons. The molecule has 0 bridgehead atoms. The highest BCUT2D eigenvalue weighted by Crippen LogP contribution is 2.29. The van der Waals surface area contributed by atoms with Crippen molar-refractivity contribution in [2.24, 2.45) is 5.92 Å². The number of hydrogen-bond acceptors (Lipinski definition) is 5. The van der Waals surface area contributed by atoms with Gasteiger partial charge < -0.3 is 14.7 Å². The van der Waals surface area contributed by atoms with Crippen LogP contribution in [0.4, 0.5) is 0 Å². The molecule has 1 unspecified atom stereocenters. The molecule has 29 heavy (non-hydrogen) atoms. The van der Waals surface area contributed by atoms with Crippen molar-refractivity contribution in [3.63, 3.8) is 0 Å². The van der Waals surface area contributed by atoms with Gasteiger partial charge in [-0.3, -0.25) is 4.79 Å². The highest BCUT2D eigenvalue weighted by Gasteiger charge is 2.27. The predicted octanol–water partition coefficient (Wildman–Crippen LogP) is 4.00. The number of fused-ring (bicyclic) bond motifs is 1. The first kappa shape index (κ1) is 21.3. The summed E-state index contributed by atoms with van der Waals surface area (Å²) >= 11 is 0. The number of nitrogens with one attached hydrogen (secondary N) is 1. The average molecular weight is 415 g/mol. The summed E-state index contributed by atoms with van der Waals surface area (Å²) in [5, 5.41) is 8.01. The number of pyridine rings is 1. The van der Waals surface area contributed by atoms with Gasteiger partial charge in [0.05, 0.1) is 22.3 Å². The van der Waals surface area contributed by atoms with Gasteiger partial charge in [-0.05, 0) is 52.3 Å². The largest absolute Gasteiger partial charge is 0.338 e. The Morgan fingerprint density at radius 2 is 2.03 bits per heavy atom. The lowest BCUT2D eigenvalue weighted by Crippen LogP contribution is -2.42. The molecule has 0 spiro atoms. The molecular formula is C22H27ClN4O2. The summed E-state index contributed by atoms with van der Waals surface area (Å²) in [5.41, 5.74) is 4.62. The molecule has 1 aromatic carbocycles. The van der Waals surface area contributed by atoms with Crippen molar-refractivity contribution in [3.8, 4) is 11.3 Å². The van der Waals surface area contributed by atoms with E-state index in [4.69, 9.17) is 4.52 Å². The lowest BCUT2D eigenvalue weighted by Gasteiger charge is -2.33. The molecule has 3 aromatic rings. The summed E-state index contributed by atoms with van der Waals surface area (Å²) in [6.07, 6.45) is 2.18. The van der Waals surface area contributed by atoms with Gasteiger partial charge in [0.25, 0.3) is 11.6 Å². The molecule has 3 heterocycles. The molecule has 0 saturated carbocycles. The van der Waals surface area contributed by atoms with Crippen molar-refractivity contribution >= 4 is 29.4 Å². The minimum Gasteiger partial charge on any atom is -0.338 e. The van der Waals surface area contributed by atoms with Crippen LogP contribution in [0.5, 0.6) is 0 Å². The Kier molecular flexibility index (Phi) is 6.55. The van der Waals surface area contributed by atoms with E-state index in [1.165, 1.54) is 5.56 Å². The number of aromatic nitrogens is 2. The standard InChI is InChI=1S/C22H26N4O2.ClH/c1-14-6-8-17(9-7-14)19-11-18(20-15(2)25-28-21(20)24-19)22(27)26-10-4-5-16(13-26)12-23-3;/h6-9,11,16,23H,4-5,10,12-13H2,1-3H3;1H. The van der Waals surface area contributed by atoms with Gasteiger partial charge in [0.2, 0.25) is 0 Å². The number of halogens is 1. The van der Waals surface area contributed by atoms with Gasteiger partial charge in [-0.1, -0.05) is 35.0 Å². The molecule has 0 radical (unpaired) electrons. The Balaban J connectivity index is 0.00000240. The summed E-state index contributed by atoms with van der Waals surface area (Å²) in [6, 6.07) is 10.0. The molecule has 4 rings (SSSR count). The first-order valence-electron chi connectivity index (χ1n) is 9.84. The van der Waals surface area contributed by atoms with Crippen LogP contribution in [-0.2, 0) is 0 Å². The van der Waals surface area contributed by atoms with Gasteiger partial charge in [-0.25, -0.2) is 4.98 Å². The van der Waals surface area contributed by atoms with E-state index in [1.54, 1.807) is 0 Å². The fraction of sp³-hybridized carbons (Fsp3) is 0.409. The molecular weight excluding hydrogens is 388 g/mol. The van der Waals surface area contributed by atoms with Crippen LogP contribution in [-0.4, -0.2) is 47.6 Å². The second kappa shape index (κ2) is 8.93. The number of carbonyl (C=O) groups is 1. The number of carbonyl (C=O) groups excluding carboxylic acids is 1. The molecule has 1 aliphatic rings. The molecule has 1 fully saturated rings. The number of amides is 1. The smallest absolute Gasteiger partial charge is 0.259 e. The third kappa shape index (κ3) is 4.28. The van der Waals surface area contributed by atoms with E-state index >= 15 is 0 Å². The number of aryl methyl sites for hydroxylation is 2. The van der Waals surface area contributed by atoms with Crippen molar-refractivity contribution in [1.29, 1.82) is 0 Å². The number of likely N-dealkylation sites (tertiary alicyclic amines) is 1. The maximum atomic E-state index is 13.5. The van der Waals surface area contributed by atoms with Crippen molar-refractivity contribution in [2.75, 3.05) is 26.7 Å². The van der Waals surface area contributed by atoms with Crippen molar-refractivity contribution in [2.45, 2.75) is 26.7 Å². The normalized spacial score (nSPS) is 16.7. The Bertz CT molecular complexity index is 998. The van der Waals surface area contributed by atoms with Crippen LogP contribution in [0.2, 0.25) is 0 Å². The molecule has 1 saturated heterocycles. The predicted molar refractivity (Wildman–Crippen MR) is 117 cm³/mol. The SMILES string of the molecule is CNCC1CCCN(C(=O)c2cc(-c3ccc(C)cc3)nc3onc(C)c23)C1.Cl. The van der Waals surface area contributed by atoms with Gasteiger partial charge in [0.1, 0.15) is 0 Å². The van der Waals surface area contributed by atoms with Crippen LogP contribution in [0.25, 0.3) is 22.4 Å². The lowest BCUT2D eigenvalue weighted by atomic mass is 9.96. The fourth-order valence-electron chi connectivity index (χ4n) is 4.01. The van der Waals surface area contributed by atoms with E-state index in [2.05, 4.69) is 15.5 Å². The summed E-state index contributed by atoms with van der Waals surface area (Å²) in [7, 11) is 1.96. The Hall–Kier alpha value is -2.44. The second-order valence-corrected chi connectivity index (χ2v) is 7.69. The van der Waals surface area contributed by atoms with Gasteiger partial charge in [0, 0.05) is 18.7 Å². The van der Waals surface area contributed by atoms with Crippen LogP contribution in [0.1, 0.15) is 34.5 Å². The highest BCUT2D eigenvalue weighted by molar-refractivity contribution is 6.07. The Morgan fingerprint density at radius 1 is 1.28 bits per heavy atom. The summed E-state index contributed by atoms with van der Waals surface area (Å²) in [5.74, 6) is 0.521. The van der Waals surface area contributed by atoms with E-state index in [9.17, 15) is 4.79 Å². The number of nitrogens with zero attached hydrogens (tertiary/aromatic N) is 3. The first-order chi connectivity index (χ1) is 13.6. The quantitative estimate of drug-likeness (QED) is 0.698. The minimum absolute atomic E-state index is 0. The van der Waals surface area contributed by atoms with Crippen molar-refractivity contribution in [1.82, 2.24) is 20.4 Å². The second-order valence-electron chi connectivity index (χ2n) is 7.69. The Morgan fingerprint density at radius 3 is 2.76 bits per heavy atom. The van der Waals surface area contributed by atoms with Crippen LogP contribution >= 0.6 is 12.4 Å². The number of hydrogen-bond donors (Lipinski definition) is 1. The maximum Gasteiger partial charge on any atom is 0.259 e. The molecule has 1 atom stereocenters.